The van der Waals surface area contributed by atoms with Crippen molar-refractivity contribution >= 4 is 51.8 Å². The summed E-state index contributed by atoms with van der Waals surface area (Å²) in [4.78, 5) is 24.3. The summed E-state index contributed by atoms with van der Waals surface area (Å²) in [5.74, 6) is -0.749. The zero-order valence-electron chi connectivity index (χ0n) is 28.2. The molecule has 0 bridgehead atoms. The normalized spacial score (nSPS) is 10.6. The first-order valence-corrected chi connectivity index (χ1v) is 15.6. The molecule has 0 aromatic heterocycles. The summed E-state index contributed by atoms with van der Waals surface area (Å²) in [5, 5.41) is 12.0. The third-order valence-corrected chi connectivity index (χ3v) is 7.19. The van der Waals surface area contributed by atoms with Gasteiger partial charge in [-0.3, -0.25) is 20.9 Å². The number of benzene rings is 4. The highest BCUT2D eigenvalue weighted by Crippen LogP contribution is 2.26. The minimum atomic E-state index is -0.494. The summed E-state index contributed by atoms with van der Waals surface area (Å²) < 4.78 is 30.6. The molecule has 0 radical (unpaired) electrons. The van der Waals surface area contributed by atoms with Crippen LogP contribution in [-0.2, 0) is 19.1 Å². The lowest BCUT2D eigenvalue weighted by atomic mass is 10.2. The van der Waals surface area contributed by atoms with Crippen LogP contribution in [0, 0.1) is 5.82 Å². The molecular weight excluding hydrogens is 641 g/mol. The molecule has 0 saturated carbocycles. The number of nitrogens with zero attached hydrogens (tertiary/aromatic N) is 5. The van der Waals surface area contributed by atoms with E-state index in [4.69, 9.17) is 14.2 Å². The second kappa shape index (κ2) is 18.2. The van der Waals surface area contributed by atoms with Gasteiger partial charge in [0.1, 0.15) is 31.4 Å². The number of halogens is 1. The van der Waals surface area contributed by atoms with Crippen LogP contribution in [0.3, 0.4) is 0 Å². The van der Waals surface area contributed by atoms with Crippen molar-refractivity contribution in [3.63, 3.8) is 0 Å². The van der Waals surface area contributed by atoms with E-state index in [0.29, 0.717) is 35.0 Å². The Labute approximate surface area is 291 Å². The van der Waals surface area contributed by atoms with Crippen molar-refractivity contribution < 1.29 is 28.2 Å². The molecule has 4 aromatic rings. The molecule has 4 rings (SSSR count). The van der Waals surface area contributed by atoms with Crippen LogP contribution in [-0.4, -0.2) is 59.4 Å². The molecule has 0 fully saturated rings. The summed E-state index contributed by atoms with van der Waals surface area (Å²) in [5.41, 5.74) is 11.1. The lowest BCUT2D eigenvalue weighted by molar-refractivity contribution is -0.138. The SMILES string of the molecule is C=CC(=O)OCCOc1ccc(N=Nc2ccc(N(C)Nc3ccc(N(C)Nc4ccc(N(C)CCOC(=O)C=C)cc4)cc3F)cc2)cc1. The number of likely N-dealkylation sites (N-methyl/N-ethyl adjacent to an activating group) is 1. The number of carbonyl (C=O) groups excluding carboxylic acids is 2. The van der Waals surface area contributed by atoms with Gasteiger partial charge in [-0.15, -0.1) is 0 Å². The smallest absolute Gasteiger partial charge is 0.330 e. The molecule has 0 amide bonds. The zero-order chi connectivity index (χ0) is 35.9. The Kier molecular flexibility index (Phi) is 13.3. The quantitative estimate of drug-likeness (QED) is 0.0360. The molecular formula is C37H40FN7O5. The highest BCUT2D eigenvalue weighted by Gasteiger charge is 2.10. The number of ether oxygens (including phenoxy) is 3. The summed E-state index contributed by atoms with van der Waals surface area (Å²) in [6.07, 6.45) is 2.24. The van der Waals surface area contributed by atoms with Gasteiger partial charge in [-0.25, -0.2) is 14.0 Å². The number of hydrazine groups is 2. The van der Waals surface area contributed by atoms with E-state index in [1.54, 1.807) is 54.4 Å². The van der Waals surface area contributed by atoms with Gasteiger partial charge in [0.15, 0.2) is 0 Å². The highest BCUT2D eigenvalue weighted by molar-refractivity contribution is 5.81. The highest BCUT2D eigenvalue weighted by atomic mass is 19.1. The molecule has 0 aliphatic heterocycles. The standard InChI is InChI=1S/C37H40FN7O5/c1-6-36(46)49-23-22-43(3)30-14-10-29(11-15-30)41-45(5)32-18-21-35(34(38)26-32)42-44(4)31-16-8-27(9-17-31)39-40-28-12-19-33(20-13-28)48-24-25-50-37(47)7-2/h6-21,26,41-42H,1-2,22-25H2,3-5H3. The fraction of sp³-hybridized carbons (Fsp3) is 0.189. The number of anilines is 5. The van der Waals surface area contributed by atoms with Crippen molar-refractivity contribution in [2.75, 3.05) is 73.3 Å². The molecule has 0 spiro atoms. The molecule has 13 heteroatoms. The monoisotopic (exact) mass is 681 g/mol. The molecule has 2 N–H and O–H groups in total. The van der Waals surface area contributed by atoms with E-state index in [2.05, 4.69) is 34.2 Å². The van der Waals surface area contributed by atoms with E-state index in [1.807, 2.05) is 66.5 Å². The van der Waals surface area contributed by atoms with E-state index in [1.165, 1.54) is 6.07 Å². The lowest BCUT2D eigenvalue weighted by Crippen LogP contribution is -2.26. The summed E-state index contributed by atoms with van der Waals surface area (Å²) in [7, 11) is 5.50. The minimum Gasteiger partial charge on any atom is -0.490 e. The Morgan fingerprint density at radius 3 is 1.84 bits per heavy atom. The van der Waals surface area contributed by atoms with Crippen molar-refractivity contribution in [2.45, 2.75) is 0 Å². The number of azo groups is 1. The number of hydrogen-bond acceptors (Lipinski definition) is 12. The molecule has 0 aliphatic rings. The van der Waals surface area contributed by atoms with E-state index in [9.17, 15) is 9.59 Å². The summed E-state index contributed by atoms with van der Waals surface area (Å²) in [6, 6.07) is 27.0. The van der Waals surface area contributed by atoms with Crippen molar-refractivity contribution in [1.82, 2.24) is 0 Å². The molecule has 12 nitrogen and oxygen atoms in total. The van der Waals surface area contributed by atoms with Crippen molar-refractivity contribution in [3.05, 3.63) is 122 Å². The Bertz CT molecular complexity index is 1770. The van der Waals surface area contributed by atoms with Gasteiger partial charge in [0, 0.05) is 45.0 Å². The van der Waals surface area contributed by atoms with Crippen LogP contribution >= 0.6 is 0 Å². The molecule has 0 saturated heterocycles. The van der Waals surface area contributed by atoms with Gasteiger partial charge in [-0.05, 0) is 84.9 Å². The third-order valence-electron chi connectivity index (χ3n) is 7.19. The fourth-order valence-electron chi connectivity index (χ4n) is 4.40. The maximum Gasteiger partial charge on any atom is 0.330 e. The van der Waals surface area contributed by atoms with Crippen LogP contribution in [0.2, 0.25) is 0 Å². The predicted octanol–water partition coefficient (Wildman–Crippen LogP) is 7.44. The molecule has 0 atom stereocenters. The minimum absolute atomic E-state index is 0.126. The summed E-state index contributed by atoms with van der Waals surface area (Å²) in [6.45, 7) is 7.87. The first kappa shape index (κ1) is 36.5. The van der Waals surface area contributed by atoms with E-state index in [0.717, 1.165) is 29.2 Å². The molecule has 50 heavy (non-hydrogen) atoms. The topological polar surface area (TPSA) is 120 Å². The largest absolute Gasteiger partial charge is 0.490 e. The average Bonchev–Trinajstić information content (AvgIpc) is 3.13. The molecule has 260 valence electrons. The molecule has 0 heterocycles. The summed E-state index contributed by atoms with van der Waals surface area (Å²) >= 11 is 0. The second-order valence-corrected chi connectivity index (χ2v) is 10.8. The van der Waals surface area contributed by atoms with Crippen LogP contribution < -0.4 is 30.5 Å². The van der Waals surface area contributed by atoms with E-state index >= 15 is 4.39 Å². The van der Waals surface area contributed by atoms with Gasteiger partial charge in [0.25, 0.3) is 0 Å². The second-order valence-electron chi connectivity index (χ2n) is 10.8. The number of carbonyl (C=O) groups is 2. The van der Waals surface area contributed by atoms with Gasteiger partial charge < -0.3 is 19.1 Å². The van der Waals surface area contributed by atoms with Gasteiger partial charge in [-0.1, -0.05) is 13.2 Å². The number of hydrogen-bond donors (Lipinski definition) is 2. The average molecular weight is 682 g/mol. The third kappa shape index (κ3) is 11.1. The van der Waals surface area contributed by atoms with Crippen molar-refractivity contribution in [3.8, 4) is 5.75 Å². The first-order valence-electron chi connectivity index (χ1n) is 15.6. The van der Waals surface area contributed by atoms with Crippen LogP contribution in [0.25, 0.3) is 0 Å². The Hall–Kier alpha value is -6.37. The Morgan fingerprint density at radius 1 is 0.700 bits per heavy atom. The van der Waals surface area contributed by atoms with Crippen LogP contribution in [0.1, 0.15) is 0 Å². The van der Waals surface area contributed by atoms with Gasteiger partial charge in [0.2, 0.25) is 0 Å². The van der Waals surface area contributed by atoms with E-state index in [-0.39, 0.29) is 19.8 Å². The Balaban J connectivity index is 1.25. The van der Waals surface area contributed by atoms with Crippen LogP contribution in [0.4, 0.5) is 44.2 Å². The Morgan fingerprint density at radius 2 is 1.24 bits per heavy atom. The first-order chi connectivity index (χ1) is 24.1. The van der Waals surface area contributed by atoms with Crippen molar-refractivity contribution in [2.24, 2.45) is 10.2 Å². The maximum atomic E-state index is 15.2. The lowest BCUT2D eigenvalue weighted by Gasteiger charge is -2.25. The van der Waals surface area contributed by atoms with Gasteiger partial charge >= 0.3 is 11.9 Å². The molecule has 0 unspecified atom stereocenters. The van der Waals surface area contributed by atoms with Gasteiger partial charge in [0.05, 0.1) is 40.7 Å². The van der Waals surface area contributed by atoms with Gasteiger partial charge in [-0.2, -0.15) is 10.2 Å². The van der Waals surface area contributed by atoms with Crippen molar-refractivity contribution in [1.29, 1.82) is 0 Å². The number of rotatable bonds is 18. The predicted molar refractivity (Wildman–Crippen MR) is 195 cm³/mol. The number of esters is 2. The van der Waals surface area contributed by atoms with E-state index < -0.39 is 17.8 Å². The fourth-order valence-corrected chi connectivity index (χ4v) is 4.40. The zero-order valence-corrected chi connectivity index (χ0v) is 28.2. The molecule has 4 aromatic carbocycles. The number of nitrogens with one attached hydrogen (secondary N) is 2. The molecule has 0 aliphatic carbocycles. The maximum absolute atomic E-state index is 15.2. The van der Waals surface area contributed by atoms with Crippen LogP contribution in [0.5, 0.6) is 5.75 Å². The van der Waals surface area contributed by atoms with Crippen LogP contribution in [0.15, 0.2) is 127 Å².